The van der Waals surface area contributed by atoms with Crippen molar-refractivity contribution >= 4 is 12.0 Å². The van der Waals surface area contributed by atoms with Crippen LogP contribution in [0.25, 0.3) is 0 Å². The SMILES string of the molecule is CC.CN1Cc2cnc(N3CCOC3=O)nc2C1. The van der Waals surface area contributed by atoms with Gasteiger partial charge in [-0.25, -0.2) is 19.7 Å². The highest BCUT2D eigenvalue weighted by Crippen LogP contribution is 2.21. The summed E-state index contributed by atoms with van der Waals surface area (Å²) in [5.74, 6) is 0.455. The molecule has 1 saturated heterocycles. The van der Waals surface area contributed by atoms with E-state index in [1.807, 2.05) is 20.9 Å². The van der Waals surface area contributed by atoms with Crippen molar-refractivity contribution in [3.8, 4) is 0 Å². The highest BCUT2D eigenvalue weighted by molar-refractivity contribution is 5.87. The molecule has 0 aromatic carbocycles. The molecule has 0 bridgehead atoms. The number of fused-ring (bicyclic) bond motifs is 1. The average Bonchev–Trinajstić information content (AvgIpc) is 2.95. The van der Waals surface area contributed by atoms with Gasteiger partial charge in [-0.2, -0.15) is 0 Å². The number of hydrogen-bond acceptors (Lipinski definition) is 5. The molecule has 3 rings (SSSR count). The van der Waals surface area contributed by atoms with E-state index in [0.29, 0.717) is 19.1 Å². The van der Waals surface area contributed by atoms with Gasteiger partial charge in [0.25, 0.3) is 0 Å². The first-order chi connectivity index (χ1) is 8.74. The van der Waals surface area contributed by atoms with E-state index in [-0.39, 0.29) is 6.09 Å². The molecule has 1 fully saturated rings. The van der Waals surface area contributed by atoms with Gasteiger partial charge in [-0.15, -0.1) is 0 Å². The van der Waals surface area contributed by atoms with Gasteiger partial charge in [0.2, 0.25) is 5.95 Å². The zero-order chi connectivity index (χ0) is 13.1. The van der Waals surface area contributed by atoms with E-state index in [2.05, 4.69) is 14.9 Å². The Morgan fingerprint density at radius 3 is 2.78 bits per heavy atom. The third kappa shape index (κ3) is 2.28. The van der Waals surface area contributed by atoms with Crippen LogP contribution in [0.1, 0.15) is 25.1 Å². The Labute approximate surface area is 107 Å². The smallest absolute Gasteiger partial charge is 0.416 e. The summed E-state index contributed by atoms with van der Waals surface area (Å²) in [7, 11) is 2.03. The number of anilines is 1. The molecule has 1 aromatic heterocycles. The average molecular weight is 250 g/mol. The zero-order valence-electron chi connectivity index (χ0n) is 11.0. The van der Waals surface area contributed by atoms with Gasteiger partial charge in [0.1, 0.15) is 6.61 Å². The van der Waals surface area contributed by atoms with Crippen LogP contribution in [-0.4, -0.2) is 41.2 Å². The van der Waals surface area contributed by atoms with E-state index in [9.17, 15) is 4.79 Å². The number of carbonyl (C=O) groups is 1. The highest BCUT2D eigenvalue weighted by atomic mass is 16.6. The topological polar surface area (TPSA) is 58.6 Å². The molecule has 2 aliphatic heterocycles. The van der Waals surface area contributed by atoms with Crippen LogP contribution in [0.5, 0.6) is 0 Å². The van der Waals surface area contributed by atoms with Crippen LogP contribution in [0.2, 0.25) is 0 Å². The number of aromatic nitrogens is 2. The molecule has 1 aromatic rings. The quantitative estimate of drug-likeness (QED) is 0.754. The maximum atomic E-state index is 11.4. The molecule has 2 aliphatic rings. The minimum absolute atomic E-state index is 0.355. The fourth-order valence-corrected chi connectivity index (χ4v) is 2.01. The molecule has 6 heteroatoms. The van der Waals surface area contributed by atoms with Crippen LogP contribution in [0, 0.1) is 0 Å². The number of rotatable bonds is 1. The second-order valence-corrected chi connectivity index (χ2v) is 4.08. The molecule has 98 valence electrons. The van der Waals surface area contributed by atoms with E-state index in [0.717, 1.165) is 24.3 Å². The lowest BCUT2D eigenvalue weighted by Crippen LogP contribution is -2.25. The second kappa shape index (κ2) is 5.30. The molecule has 1 amide bonds. The number of cyclic esters (lactones) is 1. The van der Waals surface area contributed by atoms with E-state index in [1.54, 1.807) is 6.20 Å². The van der Waals surface area contributed by atoms with Gasteiger partial charge >= 0.3 is 6.09 Å². The minimum atomic E-state index is -0.355. The molecule has 0 unspecified atom stereocenters. The molecule has 0 saturated carbocycles. The van der Waals surface area contributed by atoms with Gasteiger partial charge in [-0.1, -0.05) is 13.8 Å². The number of hydrogen-bond donors (Lipinski definition) is 0. The van der Waals surface area contributed by atoms with Crippen LogP contribution >= 0.6 is 0 Å². The Hall–Kier alpha value is -1.69. The standard InChI is InChI=1S/C10H12N4O2.C2H6/c1-13-5-7-4-11-9(12-8(7)6-13)14-2-3-16-10(14)15;1-2/h4H,2-3,5-6H2,1H3;1-2H3. The predicted octanol–water partition coefficient (Wildman–Crippen LogP) is 1.40. The fourth-order valence-electron chi connectivity index (χ4n) is 2.01. The molecule has 0 N–H and O–H groups in total. The van der Waals surface area contributed by atoms with Crippen LogP contribution in [0.4, 0.5) is 10.7 Å². The molecule has 0 spiro atoms. The van der Waals surface area contributed by atoms with E-state index < -0.39 is 0 Å². The minimum Gasteiger partial charge on any atom is -0.447 e. The lowest BCUT2D eigenvalue weighted by molar-refractivity contribution is 0.181. The summed E-state index contributed by atoms with van der Waals surface area (Å²) in [6.07, 6.45) is 1.44. The van der Waals surface area contributed by atoms with E-state index in [1.165, 1.54) is 4.90 Å². The largest absolute Gasteiger partial charge is 0.447 e. The fraction of sp³-hybridized carbons (Fsp3) is 0.583. The summed E-state index contributed by atoms with van der Waals surface area (Å²) >= 11 is 0. The van der Waals surface area contributed by atoms with Crippen LogP contribution < -0.4 is 4.90 Å². The Bertz CT molecular complexity index is 450. The summed E-state index contributed by atoms with van der Waals surface area (Å²) < 4.78 is 4.86. The molecule has 18 heavy (non-hydrogen) atoms. The third-order valence-corrected chi connectivity index (χ3v) is 2.80. The van der Waals surface area contributed by atoms with Crippen LogP contribution in [-0.2, 0) is 17.8 Å². The zero-order valence-corrected chi connectivity index (χ0v) is 11.0. The predicted molar refractivity (Wildman–Crippen MR) is 67.2 cm³/mol. The van der Waals surface area contributed by atoms with Crippen molar-refractivity contribution < 1.29 is 9.53 Å². The van der Waals surface area contributed by atoms with Gasteiger partial charge in [-0.05, 0) is 7.05 Å². The second-order valence-electron chi connectivity index (χ2n) is 4.08. The summed E-state index contributed by atoms with van der Waals surface area (Å²) in [5.41, 5.74) is 2.14. The van der Waals surface area contributed by atoms with Crippen molar-refractivity contribution in [2.75, 3.05) is 25.1 Å². The number of amides is 1. The Balaban J connectivity index is 0.000000574. The van der Waals surface area contributed by atoms with Crippen molar-refractivity contribution in [1.82, 2.24) is 14.9 Å². The monoisotopic (exact) mass is 250 g/mol. The van der Waals surface area contributed by atoms with Crippen molar-refractivity contribution in [2.24, 2.45) is 0 Å². The van der Waals surface area contributed by atoms with Crippen molar-refractivity contribution in [3.63, 3.8) is 0 Å². The summed E-state index contributed by atoms with van der Waals surface area (Å²) in [4.78, 5) is 23.6. The van der Waals surface area contributed by atoms with Gasteiger partial charge in [-0.3, -0.25) is 4.90 Å². The van der Waals surface area contributed by atoms with Gasteiger partial charge in [0, 0.05) is 24.8 Å². The molecular weight excluding hydrogens is 232 g/mol. The van der Waals surface area contributed by atoms with Gasteiger partial charge in [0.15, 0.2) is 0 Å². The molecule has 3 heterocycles. The highest BCUT2D eigenvalue weighted by Gasteiger charge is 2.27. The first-order valence-electron chi connectivity index (χ1n) is 6.21. The molecular formula is C12H18N4O2. The lowest BCUT2D eigenvalue weighted by Gasteiger charge is -2.10. The Kier molecular flexibility index (Phi) is 3.76. The van der Waals surface area contributed by atoms with Gasteiger partial charge < -0.3 is 4.74 Å². The van der Waals surface area contributed by atoms with Gasteiger partial charge in [0.05, 0.1) is 12.2 Å². The summed E-state index contributed by atoms with van der Waals surface area (Å²) in [6.45, 7) is 6.64. The summed E-state index contributed by atoms with van der Waals surface area (Å²) in [6, 6.07) is 0. The van der Waals surface area contributed by atoms with Crippen LogP contribution in [0.3, 0.4) is 0 Å². The van der Waals surface area contributed by atoms with E-state index >= 15 is 0 Å². The van der Waals surface area contributed by atoms with Crippen molar-refractivity contribution in [2.45, 2.75) is 26.9 Å². The number of carbonyl (C=O) groups excluding carboxylic acids is 1. The molecule has 0 aliphatic carbocycles. The first kappa shape index (κ1) is 12.8. The third-order valence-electron chi connectivity index (χ3n) is 2.80. The number of nitrogens with zero attached hydrogens (tertiary/aromatic N) is 4. The molecule has 0 radical (unpaired) electrons. The normalized spacial score (nSPS) is 18.2. The Morgan fingerprint density at radius 2 is 2.11 bits per heavy atom. The number of ether oxygens (including phenoxy) is 1. The van der Waals surface area contributed by atoms with Crippen LogP contribution in [0.15, 0.2) is 6.20 Å². The maximum Gasteiger partial charge on any atom is 0.416 e. The summed E-state index contributed by atoms with van der Waals surface area (Å²) in [5, 5.41) is 0. The van der Waals surface area contributed by atoms with E-state index in [4.69, 9.17) is 4.74 Å². The molecule has 0 atom stereocenters. The Morgan fingerprint density at radius 1 is 1.33 bits per heavy atom. The van der Waals surface area contributed by atoms with Crippen molar-refractivity contribution in [1.29, 1.82) is 0 Å². The first-order valence-corrected chi connectivity index (χ1v) is 6.21. The molecule has 6 nitrogen and oxygen atoms in total. The lowest BCUT2D eigenvalue weighted by atomic mass is 10.3. The van der Waals surface area contributed by atoms with Crippen molar-refractivity contribution in [3.05, 3.63) is 17.5 Å². The maximum absolute atomic E-state index is 11.4.